The van der Waals surface area contributed by atoms with E-state index >= 15 is 0 Å². The maximum absolute atomic E-state index is 14.5. The number of alkyl halides is 1. The lowest BCUT2D eigenvalue weighted by Crippen LogP contribution is -2.21. The fraction of sp³-hybridized carbons (Fsp3) is 0.0667. The first-order chi connectivity index (χ1) is 9.68. The number of para-hydroxylation sites is 1. The van der Waals surface area contributed by atoms with E-state index in [2.05, 4.69) is 4.98 Å². The highest BCUT2D eigenvalue weighted by Crippen LogP contribution is 2.37. The molecule has 0 aliphatic carbocycles. The van der Waals surface area contributed by atoms with Crippen LogP contribution in [0.1, 0.15) is 17.6 Å². The fourth-order valence-electron chi connectivity index (χ4n) is 2.65. The number of fused-ring (bicyclic) bond motifs is 4. The summed E-state index contributed by atoms with van der Waals surface area (Å²) in [6.07, 6.45) is -1.39. The van der Waals surface area contributed by atoms with Crippen molar-refractivity contribution >= 4 is 22.5 Å². The van der Waals surface area contributed by atoms with E-state index in [0.717, 1.165) is 0 Å². The summed E-state index contributed by atoms with van der Waals surface area (Å²) in [6, 6.07) is 11.9. The van der Waals surface area contributed by atoms with Gasteiger partial charge in [0.05, 0.1) is 21.6 Å². The predicted molar refractivity (Wildman–Crippen MR) is 75.3 cm³/mol. The number of rotatable bonds is 0. The molecule has 4 rings (SSSR count). The lowest BCUT2D eigenvalue weighted by atomic mass is 10.1. The van der Waals surface area contributed by atoms with Gasteiger partial charge < -0.3 is 0 Å². The highest BCUT2D eigenvalue weighted by molar-refractivity contribution is 6.35. The molecule has 0 amide bonds. The van der Waals surface area contributed by atoms with E-state index < -0.39 is 6.17 Å². The summed E-state index contributed by atoms with van der Waals surface area (Å²) in [4.78, 5) is 16.9. The van der Waals surface area contributed by atoms with Crippen LogP contribution in [0.2, 0.25) is 5.02 Å². The zero-order valence-electron chi connectivity index (χ0n) is 10.2. The number of hydrogen-bond donors (Lipinski definition) is 0. The molecule has 98 valence electrons. The van der Waals surface area contributed by atoms with Gasteiger partial charge in [-0.2, -0.15) is 0 Å². The molecule has 0 spiro atoms. The van der Waals surface area contributed by atoms with Crippen molar-refractivity contribution in [2.24, 2.45) is 0 Å². The van der Waals surface area contributed by atoms with Gasteiger partial charge in [-0.3, -0.25) is 9.36 Å². The average molecular weight is 287 g/mol. The van der Waals surface area contributed by atoms with Crippen LogP contribution in [0.15, 0.2) is 47.3 Å². The van der Waals surface area contributed by atoms with Crippen LogP contribution in [0.4, 0.5) is 4.39 Å². The third-order valence-corrected chi connectivity index (χ3v) is 3.87. The third kappa shape index (κ3) is 1.34. The molecule has 0 saturated heterocycles. The van der Waals surface area contributed by atoms with Crippen molar-refractivity contribution in [3.05, 3.63) is 69.2 Å². The van der Waals surface area contributed by atoms with Gasteiger partial charge in [0, 0.05) is 5.56 Å². The Morgan fingerprint density at radius 3 is 2.80 bits per heavy atom. The molecule has 0 fully saturated rings. The first kappa shape index (κ1) is 11.6. The van der Waals surface area contributed by atoms with Gasteiger partial charge in [0.15, 0.2) is 12.0 Å². The molecule has 1 aliphatic rings. The first-order valence-electron chi connectivity index (χ1n) is 6.13. The molecule has 1 aliphatic heterocycles. The van der Waals surface area contributed by atoms with Crippen molar-refractivity contribution in [3.63, 3.8) is 0 Å². The molecular weight excluding hydrogens is 279 g/mol. The van der Waals surface area contributed by atoms with Crippen molar-refractivity contribution in [1.82, 2.24) is 9.55 Å². The molecule has 3 nitrogen and oxygen atoms in total. The predicted octanol–water partition coefficient (Wildman–Crippen LogP) is 3.41. The second-order valence-corrected chi connectivity index (χ2v) is 5.07. The van der Waals surface area contributed by atoms with Crippen molar-refractivity contribution in [3.8, 4) is 5.69 Å². The normalized spacial score (nSPS) is 16.2. The summed E-state index contributed by atoms with van der Waals surface area (Å²) in [5, 5.41) is 0.650. The molecule has 1 atom stereocenters. The van der Waals surface area contributed by atoms with Crippen LogP contribution in [-0.2, 0) is 0 Å². The summed E-state index contributed by atoms with van der Waals surface area (Å²) in [6.45, 7) is 0. The lowest BCUT2D eigenvalue weighted by molar-refractivity contribution is 0.393. The van der Waals surface area contributed by atoms with Crippen molar-refractivity contribution in [2.45, 2.75) is 6.17 Å². The van der Waals surface area contributed by atoms with Gasteiger partial charge in [-0.1, -0.05) is 35.9 Å². The van der Waals surface area contributed by atoms with Gasteiger partial charge in [0.25, 0.3) is 5.56 Å². The fourth-order valence-corrected chi connectivity index (χ4v) is 2.90. The van der Waals surface area contributed by atoms with E-state index in [9.17, 15) is 9.18 Å². The minimum atomic E-state index is -1.39. The van der Waals surface area contributed by atoms with E-state index in [0.29, 0.717) is 27.2 Å². The molecule has 3 aromatic rings. The van der Waals surface area contributed by atoms with E-state index in [1.807, 2.05) is 0 Å². The number of hydrogen-bond acceptors (Lipinski definition) is 2. The molecule has 0 N–H and O–H groups in total. The van der Waals surface area contributed by atoms with E-state index in [-0.39, 0.29) is 11.4 Å². The van der Waals surface area contributed by atoms with Crippen LogP contribution in [-0.4, -0.2) is 9.55 Å². The van der Waals surface area contributed by atoms with Gasteiger partial charge in [-0.25, -0.2) is 9.37 Å². The highest BCUT2D eigenvalue weighted by atomic mass is 35.5. The Hall–Kier alpha value is -2.20. The van der Waals surface area contributed by atoms with Crippen LogP contribution in [0.3, 0.4) is 0 Å². The molecule has 1 unspecified atom stereocenters. The second kappa shape index (κ2) is 3.90. The third-order valence-electron chi connectivity index (χ3n) is 3.55. The Balaban J connectivity index is 2.22. The minimum absolute atomic E-state index is 0.117. The van der Waals surface area contributed by atoms with Gasteiger partial charge >= 0.3 is 0 Å². The topological polar surface area (TPSA) is 34.9 Å². The Morgan fingerprint density at radius 2 is 1.95 bits per heavy atom. The highest BCUT2D eigenvalue weighted by Gasteiger charge is 2.31. The van der Waals surface area contributed by atoms with E-state index in [1.54, 1.807) is 42.5 Å². The number of benzene rings is 2. The maximum Gasteiger partial charge on any atom is 0.267 e. The SMILES string of the molecule is O=c1c2c(Cl)cccc2nc2n1-c1ccccc1C2F. The molecule has 0 saturated carbocycles. The molecule has 0 radical (unpaired) electrons. The van der Waals surface area contributed by atoms with Crippen molar-refractivity contribution in [1.29, 1.82) is 0 Å². The number of halogens is 2. The summed E-state index contributed by atoms with van der Waals surface area (Å²) >= 11 is 6.08. The Kier molecular flexibility index (Phi) is 2.26. The van der Waals surface area contributed by atoms with Crippen LogP contribution in [0, 0.1) is 0 Å². The number of aromatic nitrogens is 2. The number of nitrogens with zero attached hydrogens (tertiary/aromatic N) is 2. The monoisotopic (exact) mass is 286 g/mol. The molecular formula is C15H8ClFN2O. The quantitative estimate of drug-likeness (QED) is 0.635. The lowest BCUT2D eigenvalue weighted by Gasteiger charge is -2.07. The van der Waals surface area contributed by atoms with Gasteiger partial charge in [0.2, 0.25) is 0 Å². The zero-order chi connectivity index (χ0) is 13.9. The first-order valence-corrected chi connectivity index (χ1v) is 6.51. The molecule has 0 bridgehead atoms. The summed E-state index contributed by atoms with van der Waals surface area (Å²) in [5.74, 6) is 0.117. The van der Waals surface area contributed by atoms with Crippen LogP contribution >= 0.6 is 11.6 Å². The second-order valence-electron chi connectivity index (χ2n) is 4.67. The Labute approximate surface area is 118 Å². The maximum atomic E-state index is 14.5. The summed E-state index contributed by atoms with van der Waals surface area (Å²) < 4.78 is 15.8. The molecule has 2 heterocycles. The Morgan fingerprint density at radius 1 is 1.15 bits per heavy atom. The van der Waals surface area contributed by atoms with Gasteiger partial charge in [-0.05, 0) is 18.2 Å². The van der Waals surface area contributed by atoms with E-state index in [4.69, 9.17) is 11.6 Å². The van der Waals surface area contributed by atoms with Crippen LogP contribution in [0.25, 0.3) is 16.6 Å². The summed E-state index contributed by atoms with van der Waals surface area (Å²) in [7, 11) is 0. The van der Waals surface area contributed by atoms with Crippen LogP contribution < -0.4 is 5.56 Å². The van der Waals surface area contributed by atoms with Gasteiger partial charge in [0.1, 0.15) is 0 Å². The molecule has 2 aromatic carbocycles. The zero-order valence-corrected chi connectivity index (χ0v) is 10.9. The van der Waals surface area contributed by atoms with Crippen molar-refractivity contribution < 1.29 is 4.39 Å². The van der Waals surface area contributed by atoms with E-state index in [1.165, 1.54) is 4.57 Å². The van der Waals surface area contributed by atoms with Crippen LogP contribution in [0.5, 0.6) is 0 Å². The molecule has 5 heteroatoms. The standard InChI is InChI=1S/C15H8ClFN2O/c16-9-5-3-6-10-12(9)15(20)19-11-7-2-1-4-8(11)13(17)14(19)18-10/h1-7,13H. The Bertz CT molecular complexity index is 919. The average Bonchev–Trinajstić information content (AvgIpc) is 2.73. The minimum Gasteiger partial charge on any atom is -0.268 e. The largest absolute Gasteiger partial charge is 0.268 e. The summed E-state index contributed by atoms with van der Waals surface area (Å²) in [5.41, 5.74) is 1.09. The molecule has 20 heavy (non-hydrogen) atoms. The van der Waals surface area contributed by atoms with Crippen molar-refractivity contribution in [2.75, 3.05) is 0 Å². The van der Waals surface area contributed by atoms with Gasteiger partial charge in [-0.15, -0.1) is 0 Å². The molecule has 1 aromatic heterocycles. The smallest absolute Gasteiger partial charge is 0.267 e.